The minimum Gasteiger partial charge on any atom is -0.343 e. The largest absolute Gasteiger partial charge is 0.343 e. The zero-order chi connectivity index (χ0) is 13.0. The van der Waals surface area contributed by atoms with Crippen LogP contribution in [0.3, 0.4) is 0 Å². The van der Waals surface area contributed by atoms with Gasteiger partial charge < -0.3 is 10.6 Å². The number of hydrogen-bond donors (Lipinski definition) is 1. The van der Waals surface area contributed by atoms with Gasteiger partial charge >= 0.3 is 0 Å². The molecule has 3 heteroatoms. The van der Waals surface area contributed by atoms with Gasteiger partial charge in [0.2, 0.25) is 5.91 Å². The van der Waals surface area contributed by atoms with Gasteiger partial charge in [-0.3, -0.25) is 4.79 Å². The van der Waals surface area contributed by atoms with E-state index in [1.165, 1.54) is 44.9 Å². The predicted octanol–water partition coefficient (Wildman–Crippen LogP) is 2.54. The minimum absolute atomic E-state index is 0.318. The standard InChI is InChI=1S/C15H28N2O/c1-13(12-16)11-14(18)17-9-7-15(8-10-17)5-3-2-4-6-15/h13H,2-12,16H2,1H3. The first-order valence-electron chi connectivity index (χ1n) is 7.63. The molecule has 1 saturated carbocycles. The van der Waals surface area contributed by atoms with Gasteiger partial charge in [0.05, 0.1) is 0 Å². The summed E-state index contributed by atoms with van der Waals surface area (Å²) in [6.45, 7) is 4.64. The molecular formula is C15H28N2O. The van der Waals surface area contributed by atoms with E-state index in [1.807, 2.05) is 0 Å². The van der Waals surface area contributed by atoms with E-state index in [1.54, 1.807) is 0 Å². The Morgan fingerprint density at radius 3 is 2.33 bits per heavy atom. The number of carbonyl (C=O) groups excluding carboxylic acids is 1. The minimum atomic E-state index is 0.318. The molecule has 0 aromatic carbocycles. The lowest BCUT2D eigenvalue weighted by Gasteiger charge is -2.44. The molecule has 1 spiro atoms. The van der Waals surface area contributed by atoms with Crippen LogP contribution in [0, 0.1) is 11.3 Å². The molecule has 2 aliphatic rings. The van der Waals surface area contributed by atoms with Gasteiger partial charge in [-0.05, 0) is 43.6 Å². The van der Waals surface area contributed by atoms with E-state index in [4.69, 9.17) is 5.73 Å². The molecule has 2 rings (SSSR count). The van der Waals surface area contributed by atoms with Crippen molar-refractivity contribution in [1.82, 2.24) is 4.90 Å². The molecule has 1 heterocycles. The van der Waals surface area contributed by atoms with Gasteiger partial charge in [-0.15, -0.1) is 0 Å². The van der Waals surface area contributed by atoms with Crippen molar-refractivity contribution in [2.24, 2.45) is 17.1 Å². The summed E-state index contributed by atoms with van der Waals surface area (Å²) < 4.78 is 0. The van der Waals surface area contributed by atoms with Gasteiger partial charge in [0.15, 0.2) is 0 Å². The molecule has 1 atom stereocenters. The van der Waals surface area contributed by atoms with Crippen molar-refractivity contribution in [3.05, 3.63) is 0 Å². The normalized spacial score (nSPS) is 25.1. The average molecular weight is 252 g/mol. The van der Waals surface area contributed by atoms with Crippen molar-refractivity contribution in [2.75, 3.05) is 19.6 Å². The summed E-state index contributed by atoms with van der Waals surface area (Å²) in [4.78, 5) is 14.2. The SMILES string of the molecule is CC(CN)CC(=O)N1CCC2(CCCCC2)CC1. The van der Waals surface area contributed by atoms with E-state index in [0.29, 0.717) is 30.2 Å². The third-order valence-electron chi connectivity index (χ3n) is 5.02. The number of hydrogen-bond acceptors (Lipinski definition) is 2. The summed E-state index contributed by atoms with van der Waals surface area (Å²) in [6, 6.07) is 0. The maximum atomic E-state index is 12.1. The predicted molar refractivity (Wildman–Crippen MR) is 74.2 cm³/mol. The Morgan fingerprint density at radius 2 is 1.78 bits per heavy atom. The highest BCUT2D eigenvalue weighted by Crippen LogP contribution is 2.44. The van der Waals surface area contributed by atoms with Crippen LogP contribution in [0.15, 0.2) is 0 Å². The highest BCUT2D eigenvalue weighted by atomic mass is 16.2. The molecule has 104 valence electrons. The number of nitrogens with two attached hydrogens (primary N) is 1. The molecule has 0 aromatic rings. The second-order valence-corrected chi connectivity index (χ2v) is 6.49. The van der Waals surface area contributed by atoms with E-state index >= 15 is 0 Å². The zero-order valence-corrected chi connectivity index (χ0v) is 11.8. The first-order chi connectivity index (χ1) is 8.65. The molecule has 0 bridgehead atoms. The molecule has 3 nitrogen and oxygen atoms in total. The fourth-order valence-corrected chi connectivity index (χ4v) is 3.54. The van der Waals surface area contributed by atoms with Crippen molar-refractivity contribution in [3.8, 4) is 0 Å². The molecule has 18 heavy (non-hydrogen) atoms. The van der Waals surface area contributed by atoms with Crippen LogP contribution >= 0.6 is 0 Å². The molecule has 0 aromatic heterocycles. The Bertz CT molecular complexity index is 274. The van der Waals surface area contributed by atoms with E-state index in [2.05, 4.69) is 11.8 Å². The van der Waals surface area contributed by atoms with Crippen LogP contribution < -0.4 is 5.73 Å². The molecule has 1 aliphatic heterocycles. The smallest absolute Gasteiger partial charge is 0.222 e. The molecule has 1 aliphatic carbocycles. The van der Waals surface area contributed by atoms with Crippen molar-refractivity contribution in [3.63, 3.8) is 0 Å². The number of piperidine rings is 1. The van der Waals surface area contributed by atoms with Gasteiger partial charge in [-0.2, -0.15) is 0 Å². The van der Waals surface area contributed by atoms with E-state index in [-0.39, 0.29) is 0 Å². The van der Waals surface area contributed by atoms with Crippen molar-refractivity contribution in [1.29, 1.82) is 0 Å². The third kappa shape index (κ3) is 3.25. The van der Waals surface area contributed by atoms with Gasteiger partial charge in [0.25, 0.3) is 0 Å². The van der Waals surface area contributed by atoms with Gasteiger partial charge in [0, 0.05) is 19.5 Å². The molecular weight excluding hydrogens is 224 g/mol. The van der Waals surface area contributed by atoms with Crippen molar-refractivity contribution in [2.45, 2.75) is 58.3 Å². The highest BCUT2D eigenvalue weighted by Gasteiger charge is 2.36. The summed E-state index contributed by atoms with van der Waals surface area (Å²) >= 11 is 0. The first kappa shape index (κ1) is 13.9. The molecule has 0 radical (unpaired) electrons. The first-order valence-corrected chi connectivity index (χ1v) is 7.63. The van der Waals surface area contributed by atoms with E-state index < -0.39 is 0 Å². The summed E-state index contributed by atoms with van der Waals surface area (Å²) in [5.74, 6) is 0.640. The zero-order valence-electron chi connectivity index (χ0n) is 11.8. The van der Waals surface area contributed by atoms with Crippen LogP contribution in [0.1, 0.15) is 58.3 Å². The fourth-order valence-electron chi connectivity index (χ4n) is 3.54. The van der Waals surface area contributed by atoms with Crippen LogP contribution in [0.2, 0.25) is 0 Å². The second-order valence-electron chi connectivity index (χ2n) is 6.49. The summed E-state index contributed by atoms with van der Waals surface area (Å²) in [6.07, 6.45) is 10.1. The van der Waals surface area contributed by atoms with Crippen LogP contribution in [0.25, 0.3) is 0 Å². The Balaban J connectivity index is 1.80. The summed E-state index contributed by atoms with van der Waals surface area (Å²) in [5, 5.41) is 0. The van der Waals surface area contributed by atoms with Gasteiger partial charge in [-0.25, -0.2) is 0 Å². The average Bonchev–Trinajstić information content (AvgIpc) is 2.40. The quantitative estimate of drug-likeness (QED) is 0.839. The Hall–Kier alpha value is -0.570. The van der Waals surface area contributed by atoms with Crippen LogP contribution in [0.4, 0.5) is 0 Å². The molecule has 2 fully saturated rings. The van der Waals surface area contributed by atoms with Crippen LogP contribution in [0.5, 0.6) is 0 Å². The maximum absolute atomic E-state index is 12.1. The molecule has 1 saturated heterocycles. The lowest BCUT2D eigenvalue weighted by atomic mass is 9.68. The number of rotatable bonds is 3. The number of carbonyl (C=O) groups is 1. The van der Waals surface area contributed by atoms with E-state index in [0.717, 1.165) is 13.1 Å². The molecule has 1 unspecified atom stereocenters. The Labute approximate surface area is 111 Å². The Morgan fingerprint density at radius 1 is 1.17 bits per heavy atom. The highest BCUT2D eigenvalue weighted by molar-refractivity contribution is 5.76. The van der Waals surface area contributed by atoms with Crippen molar-refractivity contribution >= 4 is 5.91 Å². The van der Waals surface area contributed by atoms with Gasteiger partial charge in [-0.1, -0.05) is 26.2 Å². The molecule has 2 N–H and O–H groups in total. The Kier molecular flexibility index (Phi) is 4.66. The summed E-state index contributed by atoms with van der Waals surface area (Å²) in [5.41, 5.74) is 6.18. The maximum Gasteiger partial charge on any atom is 0.222 e. The van der Waals surface area contributed by atoms with Crippen molar-refractivity contribution < 1.29 is 4.79 Å². The lowest BCUT2D eigenvalue weighted by molar-refractivity contribution is -0.134. The monoisotopic (exact) mass is 252 g/mol. The summed E-state index contributed by atoms with van der Waals surface area (Å²) in [7, 11) is 0. The number of nitrogens with zero attached hydrogens (tertiary/aromatic N) is 1. The number of amides is 1. The third-order valence-corrected chi connectivity index (χ3v) is 5.02. The van der Waals surface area contributed by atoms with Crippen LogP contribution in [-0.2, 0) is 4.79 Å². The second kappa shape index (κ2) is 6.05. The van der Waals surface area contributed by atoms with Crippen LogP contribution in [-0.4, -0.2) is 30.4 Å². The number of likely N-dealkylation sites (tertiary alicyclic amines) is 1. The molecule has 1 amide bonds. The topological polar surface area (TPSA) is 46.3 Å². The fraction of sp³-hybridized carbons (Fsp3) is 0.933. The lowest BCUT2D eigenvalue weighted by Crippen LogP contribution is -2.44. The van der Waals surface area contributed by atoms with E-state index in [9.17, 15) is 4.79 Å². The van der Waals surface area contributed by atoms with Gasteiger partial charge in [0.1, 0.15) is 0 Å².